The largest absolute Gasteiger partial charge is 0.508 e. The average molecular weight is 526 g/mol. The van der Waals surface area contributed by atoms with E-state index in [9.17, 15) is 14.7 Å². The molecule has 2 aromatic rings. The summed E-state index contributed by atoms with van der Waals surface area (Å²) >= 11 is 7.28. The number of ether oxygens (including phenoxy) is 4. The number of thiol groups is 1. The number of benzene rings is 2. The Morgan fingerprint density at radius 3 is 2.72 bits per heavy atom. The van der Waals surface area contributed by atoms with E-state index in [1.807, 2.05) is 13.8 Å². The summed E-state index contributed by atoms with van der Waals surface area (Å²) in [5, 5.41) is 13.1. The third-order valence-corrected chi connectivity index (χ3v) is 5.72. The summed E-state index contributed by atoms with van der Waals surface area (Å²) in [5.74, 6) is 0.639. The van der Waals surface area contributed by atoms with E-state index in [1.54, 1.807) is 30.3 Å². The fourth-order valence-electron chi connectivity index (χ4n) is 3.21. The van der Waals surface area contributed by atoms with Gasteiger partial charge in [0.05, 0.1) is 12.4 Å². The molecule has 1 aliphatic heterocycles. The fourth-order valence-corrected chi connectivity index (χ4v) is 3.68. The van der Waals surface area contributed by atoms with Gasteiger partial charge in [-0.1, -0.05) is 29.8 Å². The third-order valence-electron chi connectivity index (χ3n) is 4.96. The SMILES string of the molecule is CC(C)(CCOC(=O)CS)[C@@H](OC(=O)Nc1ccc2c(c1)OCO2)c1cc(Br)ccc1O. The molecule has 0 bridgehead atoms. The van der Waals surface area contributed by atoms with Gasteiger partial charge >= 0.3 is 12.1 Å². The highest BCUT2D eigenvalue weighted by molar-refractivity contribution is 9.10. The molecular weight excluding hydrogens is 502 g/mol. The van der Waals surface area contributed by atoms with Crippen LogP contribution in [0.3, 0.4) is 0 Å². The predicted molar refractivity (Wildman–Crippen MR) is 124 cm³/mol. The lowest BCUT2D eigenvalue weighted by Gasteiger charge is -2.34. The van der Waals surface area contributed by atoms with Crippen LogP contribution in [0.5, 0.6) is 17.2 Å². The lowest BCUT2D eigenvalue weighted by molar-refractivity contribution is -0.141. The first-order valence-electron chi connectivity index (χ1n) is 9.82. The summed E-state index contributed by atoms with van der Waals surface area (Å²) in [6.45, 7) is 3.96. The molecule has 0 aliphatic carbocycles. The molecule has 0 fully saturated rings. The van der Waals surface area contributed by atoms with Crippen molar-refractivity contribution in [2.24, 2.45) is 5.41 Å². The number of esters is 1. The highest BCUT2D eigenvalue weighted by Crippen LogP contribution is 2.44. The Bertz CT molecular complexity index is 998. The van der Waals surface area contributed by atoms with Gasteiger partial charge in [-0.25, -0.2) is 4.79 Å². The molecule has 0 unspecified atom stereocenters. The molecule has 8 nitrogen and oxygen atoms in total. The molecule has 0 saturated carbocycles. The Kier molecular flexibility index (Phi) is 7.78. The van der Waals surface area contributed by atoms with Crippen LogP contribution in [-0.4, -0.2) is 36.3 Å². The van der Waals surface area contributed by atoms with Crippen molar-refractivity contribution in [1.29, 1.82) is 0 Å². The maximum absolute atomic E-state index is 12.8. The number of hydrogen-bond acceptors (Lipinski definition) is 8. The van der Waals surface area contributed by atoms with Crippen molar-refractivity contribution in [1.82, 2.24) is 0 Å². The molecular formula is C22H24BrNO7S. The van der Waals surface area contributed by atoms with Crippen LogP contribution in [0.25, 0.3) is 0 Å². The summed E-state index contributed by atoms with van der Waals surface area (Å²) in [7, 11) is 0. The van der Waals surface area contributed by atoms with Crippen molar-refractivity contribution < 1.29 is 33.6 Å². The van der Waals surface area contributed by atoms with E-state index in [4.69, 9.17) is 18.9 Å². The van der Waals surface area contributed by atoms with Crippen LogP contribution in [-0.2, 0) is 14.3 Å². The second kappa shape index (κ2) is 10.4. The molecule has 0 saturated heterocycles. The van der Waals surface area contributed by atoms with Gasteiger partial charge in [-0.3, -0.25) is 10.1 Å². The number of rotatable bonds is 8. The van der Waals surface area contributed by atoms with E-state index in [0.717, 1.165) is 0 Å². The zero-order chi connectivity index (χ0) is 23.3. The Balaban J connectivity index is 1.79. The minimum Gasteiger partial charge on any atom is -0.508 e. The summed E-state index contributed by atoms with van der Waals surface area (Å²) in [6, 6.07) is 9.89. The maximum Gasteiger partial charge on any atom is 0.412 e. The molecule has 1 aliphatic rings. The van der Waals surface area contributed by atoms with Crippen molar-refractivity contribution >= 4 is 46.3 Å². The summed E-state index contributed by atoms with van der Waals surface area (Å²) < 4.78 is 22.2. The van der Waals surface area contributed by atoms with Crippen molar-refractivity contribution in [3.63, 3.8) is 0 Å². The molecule has 32 heavy (non-hydrogen) atoms. The quantitative estimate of drug-likeness (QED) is 0.326. The Morgan fingerprint density at radius 1 is 1.22 bits per heavy atom. The number of carbonyl (C=O) groups excluding carboxylic acids is 2. The number of phenolic OH excluding ortho intramolecular Hbond substituents is 1. The van der Waals surface area contributed by atoms with E-state index in [0.29, 0.717) is 33.6 Å². The van der Waals surface area contributed by atoms with E-state index >= 15 is 0 Å². The van der Waals surface area contributed by atoms with Gasteiger partial charge in [0, 0.05) is 27.2 Å². The average Bonchev–Trinajstić information content (AvgIpc) is 3.21. The molecule has 172 valence electrons. The minimum absolute atomic E-state index is 0.0190. The van der Waals surface area contributed by atoms with E-state index in [2.05, 4.69) is 33.9 Å². The first kappa shape index (κ1) is 24.1. The van der Waals surface area contributed by atoms with Gasteiger partial charge in [0.15, 0.2) is 11.5 Å². The van der Waals surface area contributed by atoms with Gasteiger partial charge in [0.1, 0.15) is 11.9 Å². The maximum atomic E-state index is 12.8. The first-order valence-corrected chi connectivity index (χ1v) is 11.2. The number of fused-ring (bicyclic) bond motifs is 1. The smallest absolute Gasteiger partial charge is 0.412 e. The van der Waals surface area contributed by atoms with Gasteiger partial charge in [-0.2, -0.15) is 12.6 Å². The van der Waals surface area contributed by atoms with Crippen LogP contribution in [0.2, 0.25) is 0 Å². The molecule has 1 amide bonds. The van der Waals surface area contributed by atoms with Crippen LogP contribution in [0, 0.1) is 5.41 Å². The lowest BCUT2D eigenvalue weighted by atomic mass is 9.79. The summed E-state index contributed by atoms with van der Waals surface area (Å²) in [4.78, 5) is 24.2. The zero-order valence-corrected chi connectivity index (χ0v) is 20.1. The number of phenols is 1. The fraction of sp³-hybridized carbons (Fsp3) is 0.364. The minimum atomic E-state index is -0.844. The van der Waals surface area contributed by atoms with Gasteiger partial charge < -0.3 is 24.1 Å². The van der Waals surface area contributed by atoms with Crippen LogP contribution in [0.15, 0.2) is 40.9 Å². The monoisotopic (exact) mass is 525 g/mol. The third kappa shape index (κ3) is 6.01. The van der Waals surface area contributed by atoms with Crippen LogP contribution in [0.1, 0.15) is 31.9 Å². The van der Waals surface area contributed by atoms with Crippen LogP contribution >= 0.6 is 28.6 Å². The van der Waals surface area contributed by atoms with E-state index < -0.39 is 23.6 Å². The topological polar surface area (TPSA) is 103 Å². The highest BCUT2D eigenvalue weighted by Gasteiger charge is 2.36. The molecule has 0 radical (unpaired) electrons. The van der Waals surface area contributed by atoms with E-state index in [-0.39, 0.29) is 24.9 Å². The van der Waals surface area contributed by atoms with E-state index in [1.165, 1.54) is 6.07 Å². The van der Waals surface area contributed by atoms with Crippen molar-refractivity contribution in [3.8, 4) is 17.2 Å². The summed E-state index contributed by atoms with van der Waals surface area (Å²) in [5.41, 5.74) is 0.198. The van der Waals surface area contributed by atoms with Crippen LogP contribution in [0.4, 0.5) is 10.5 Å². The molecule has 3 rings (SSSR count). The molecule has 2 N–H and O–H groups in total. The van der Waals surface area contributed by atoms with Crippen molar-refractivity contribution in [2.75, 3.05) is 24.5 Å². The molecule has 1 heterocycles. The lowest BCUT2D eigenvalue weighted by Crippen LogP contribution is -2.30. The first-order chi connectivity index (χ1) is 15.2. The van der Waals surface area contributed by atoms with Gasteiger partial charge in [-0.05, 0) is 36.8 Å². The normalized spacial score (nSPS) is 13.4. The zero-order valence-electron chi connectivity index (χ0n) is 17.6. The van der Waals surface area contributed by atoms with Crippen molar-refractivity contribution in [2.45, 2.75) is 26.4 Å². The second-order valence-electron chi connectivity index (χ2n) is 7.80. The highest BCUT2D eigenvalue weighted by atomic mass is 79.9. The number of halogens is 1. The number of nitrogens with one attached hydrogen (secondary N) is 1. The number of amides is 1. The molecule has 1 atom stereocenters. The van der Waals surface area contributed by atoms with Crippen molar-refractivity contribution in [3.05, 3.63) is 46.4 Å². The number of hydrogen-bond donors (Lipinski definition) is 3. The molecule has 10 heteroatoms. The molecule has 0 spiro atoms. The second-order valence-corrected chi connectivity index (χ2v) is 9.03. The Labute approximate surface area is 199 Å². The van der Waals surface area contributed by atoms with Gasteiger partial charge in [0.25, 0.3) is 0 Å². The Hall–Kier alpha value is -2.59. The molecule has 0 aromatic heterocycles. The Morgan fingerprint density at radius 2 is 1.97 bits per heavy atom. The number of aromatic hydroxyl groups is 1. The van der Waals surface area contributed by atoms with Gasteiger partial charge in [0.2, 0.25) is 6.79 Å². The molecule has 2 aromatic carbocycles. The van der Waals surface area contributed by atoms with Crippen LogP contribution < -0.4 is 14.8 Å². The number of carbonyl (C=O) groups is 2. The van der Waals surface area contributed by atoms with Gasteiger partial charge in [-0.15, -0.1) is 0 Å². The predicted octanol–water partition coefficient (Wildman–Crippen LogP) is 5.06. The summed E-state index contributed by atoms with van der Waals surface area (Å²) in [6.07, 6.45) is -1.18. The standard InChI is InChI=1S/C22H24BrNO7S/c1-22(2,7-8-28-19(26)11-32)20(15-9-13(23)3-5-16(15)25)31-21(27)24-14-4-6-17-18(10-14)30-12-29-17/h3-6,9-10,20,25,32H,7-8,11-12H2,1-2H3,(H,24,27)/t20-/m0/s1. The number of anilines is 1.